The molecule has 0 atom stereocenters. The number of halogens is 3. The Balaban J connectivity index is 1.63. The maximum Gasteiger partial charge on any atom is 0.433 e. The van der Waals surface area contributed by atoms with Gasteiger partial charge in [0.25, 0.3) is 5.56 Å². The molecule has 1 aliphatic rings. The highest BCUT2D eigenvalue weighted by Gasteiger charge is 2.33. The summed E-state index contributed by atoms with van der Waals surface area (Å²) in [7, 11) is 0. The first-order valence-corrected chi connectivity index (χ1v) is 8.01. The Bertz CT molecular complexity index is 797. The quantitative estimate of drug-likeness (QED) is 0.847. The van der Waals surface area contributed by atoms with Crippen molar-refractivity contribution in [2.45, 2.75) is 32.5 Å². The van der Waals surface area contributed by atoms with Crippen LogP contribution in [0.15, 0.2) is 29.6 Å². The van der Waals surface area contributed by atoms with Crippen molar-refractivity contribution in [3.8, 4) is 0 Å². The first kappa shape index (κ1) is 17.4. The smallest absolute Gasteiger partial charge is 0.355 e. The van der Waals surface area contributed by atoms with Gasteiger partial charge in [0.15, 0.2) is 5.69 Å². The second-order valence-corrected chi connectivity index (χ2v) is 6.16. The lowest BCUT2D eigenvalue weighted by Crippen LogP contribution is -2.37. The van der Waals surface area contributed by atoms with Crippen LogP contribution in [-0.4, -0.2) is 32.6 Å². The topological polar surface area (TPSA) is 63.9 Å². The molecule has 134 valence electrons. The number of anilines is 1. The normalized spacial score (nSPS) is 16.2. The number of alkyl halides is 3. The Morgan fingerprint density at radius 2 is 1.84 bits per heavy atom. The Kier molecular flexibility index (Phi) is 4.73. The van der Waals surface area contributed by atoms with Gasteiger partial charge in [-0.2, -0.15) is 13.2 Å². The summed E-state index contributed by atoms with van der Waals surface area (Å²) < 4.78 is 39.0. The highest BCUT2D eigenvalue weighted by atomic mass is 19.4. The third kappa shape index (κ3) is 3.97. The number of aryl methyl sites for hydroxylation is 1. The number of nitrogens with zero attached hydrogens (tertiary/aromatic N) is 5. The second-order valence-electron chi connectivity index (χ2n) is 6.16. The van der Waals surface area contributed by atoms with Gasteiger partial charge in [0.2, 0.25) is 0 Å². The molecule has 25 heavy (non-hydrogen) atoms. The Hall–Kier alpha value is -2.45. The molecule has 6 nitrogen and oxygen atoms in total. The summed E-state index contributed by atoms with van der Waals surface area (Å²) in [5.41, 5.74) is -0.958. The van der Waals surface area contributed by atoms with Crippen molar-refractivity contribution in [1.82, 2.24) is 19.5 Å². The van der Waals surface area contributed by atoms with Gasteiger partial charge < -0.3 is 4.90 Å². The summed E-state index contributed by atoms with van der Waals surface area (Å²) >= 11 is 0. The van der Waals surface area contributed by atoms with Crippen LogP contribution in [0.3, 0.4) is 0 Å². The Labute approximate surface area is 142 Å². The molecule has 1 aliphatic heterocycles. The first-order valence-electron chi connectivity index (χ1n) is 8.01. The van der Waals surface area contributed by atoms with Crippen molar-refractivity contribution in [3.63, 3.8) is 0 Å². The van der Waals surface area contributed by atoms with Crippen LogP contribution < -0.4 is 10.5 Å². The van der Waals surface area contributed by atoms with Gasteiger partial charge in [0.05, 0.1) is 12.0 Å². The predicted octanol–water partition coefficient (Wildman–Crippen LogP) is 2.28. The standard InChI is InChI=1S/C16H18F3N5O/c1-11-15(21-5-4-20-11)23-6-2-12(3-7-23)9-24-10-22-13(8-14(24)25)16(17,18)19/h4-5,8,10,12H,2-3,6-7,9H2,1H3. The van der Waals surface area contributed by atoms with E-state index in [0.717, 1.165) is 43.8 Å². The molecule has 0 saturated carbocycles. The van der Waals surface area contributed by atoms with Crippen molar-refractivity contribution >= 4 is 5.82 Å². The molecule has 0 radical (unpaired) electrons. The first-order chi connectivity index (χ1) is 11.8. The van der Waals surface area contributed by atoms with E-state index < -0.39 is 17.4 Å². The number of rotatable bonds is 3. The zero-order valence-electron chi connectivity index (χ0n) is 13.7. The molecule has 3 rings (SSSR count). The maximum atomic E-state index is 12.6. The summed E-state index contributed by atoms with van der Waals surface area (Å²) in [5, 5.41) is 0. The summed E-state index contributed by atoms with van der Waals surface area (Å²) in [4.78, 5) is 26.0. The van der Waals surface area contributed by atoms with Crippen LogP contribution in [0.25, 0.3) is 0 Å². The Morgan fingerprint density at radius 1 is 1.16 bits per heavy atom. The zero-order chi connectivity index (χ0) is 18.0. The van der Waals surface area contributed by atoms with Gasteiger partial charge in [-0.25, -0.2) is 9.97 Å². The largest absolute Gasteiger partial charge is 0.433 e. The molecule has 0 unspecified atom stereocenters. The van der Waals surface area contributed by atoms with Crippen molar-refractivity contribution in [3.05, 3.63) is 46.5 Å². The van der Waals surface area contributed by atoms with Gasteiger partial charge in [-0.1, -0.05) is 0 Å². The molecule has 2 aromatic rings. The highest BCUT2D eigenvalue weighted by molar-refractivity contribution is 5.42. The summed E-state index contributed by atoms with van der Waals surface area (Å²) in [5.74, 6) is 1.07. The fourth-order valence-electron chi connectivity index (χ4n) is 3.03. The molecule has 9 heteroatoms. The minimum absolute atomic E-state index is 0.212. The number of hydrogen-bond acceptors (Lipinski definition) is 5. The minimum atomic E-state index is -4.60. The molecule has 3 heterocycles. The van der Waals surface area contributed by atoms with Gasteiger partial charge in [-0.3, -0.25) is 14.3 Å². The molecule has 1 saturated heterocycles. The average Bonchev–Trinajstić information content (AvgIpc) is 2.57. The molecule has 0 N–H and O–H groups in total. The summed E-state index contributed by atoms with van der Waals surface area (Å²) in [6.45, 7) is 3.82. The second kappa shape index (κ2) is 6.81. The van der Waals surface area contributed by atoms with E-state index >= 15 is 0 Å². The minimum Gasteiger partial charge on any atom is -0.355 e. The van der Waals surface area contributed by atoms with Crippen molar-refractivity contribution in [2.24, 2.45) is 5.92 Å². The molecule has 0 aliphatic carbocycles. The molecule has 1 fully saturated rings. The van der Waals surface area contributed by atoms with Crippen molar-refractivity contribution in [2.75, 3.05) is 18.0 Å². The van der Waals surface area contributed by atoms with Crippen LogP contribution in [0.2, 0.25) is 0 Å². The van der Waals surface area contributed by atoms with Crippen LogP contribution in [0, 0.1) is 12.8 Å². The molecule has 0 bridgehead atoms. The van der Waals surface area contributed by atoms with E-state index in [9.17, 15) is 18.0 Å². The van der Waals surface area contributed by atoms with Crippen LogP contribution in [0.5, 0.6) is 0 Å². The van der Waals surface area contributed by atoms with Crippen LogP contribution >= 0.6 is 0 Å². The van der Waals surface area contributed by atoms with Gasteiger partial charge >= 0.3 is 6.18 Å². The molecular weight excluding hydrogens is 335 g/mol. The lowest BCUT2D eigenvalue weighted by Gasteiger charge is -2.33. The lowest BCUT2D eigenvalue weighted by atomic mass is 9.96. The predicted molar refractivity (Wildman–Crippen MR) is 85.2 cm³/mol. The van der Waals surface area contributed by atoms with Crippen molar-refractivity contribution < 1.29 is 13.2 Å². The molecule has 2 aromatic heterocycles. The average molecular weight is 353 g/mol. The lowest BCUT2D eigenvalue weighted by molar-refractivity contribution is -0.141. The SMILES string of the molecule is Cc1nccnc1N1CCC(Cn2cnc(C(F)(F)F)cc2=O)CC1. The van der Waals surface area contributed by atoms with E-state index in [1.165, 1.54) is 4.57 Å². The van der Waals surface area contributed by atoms with Crippen LogP contribution in [0.4, 0.5) is 19.0 Å². The summed E-state index contributed by atoms with van der Waals surface area (Å²) in [6, 6.07) is 0.554. The summed E-state index contributed by atoms with van der Waals surface area (Å²) in [6.07, 6.45) is 1.34. The van der Waals surface area contributed by atoms with Crippen molar-refractivity contribution in [1.29, 1.82) is 0 Å². The fraction of sp³-hybridized carbons (Fsp3) is 0.500. The number of hydrogen-bond donors (Lipinski definition) is 0. The van der Waals surface area contributed by atoms with E-state index in [2.05, 4.69) is 19.9 Å². The zero-order valence-corrected chi connectivity index (χ0v) is 13.7. The molecule has 0 spiro atoms. The monoisotopic (exact) mass is 353 g/mol. The molecular formula is C16H18F3N5O. The van der Waals surface area contributed by atoms with Crippen LogP contribution in [-0.2, 0) is 12.7 Å². The van der Waals surface area contributed by atoms with Gasteiger partial charge in [-0.05, 0) is 25.7 Å². The highest BCUT2D eigenvalue weighted by Crippen LogP contribution is 2.26. The fourth-order valence-corrected chi connectivity index (χ4v) is 3.03. The molecule has 0 aromatic carbocycles. The van der Waals surface area contributed by atoms with E-state index in [4.69, 9.17) is 0 Å². The van der Waals surface area contributed by atoms with Gasteiger partial charge in [0.1, 0.15) is 5.82 Å². The van der Waals surface area contributed by atoms with E-state index in [1.807, 2.05) is 6.92 Å². The van der Waals surface area contributed by atoms with E-state index in [1.54, 1.807) is 12.4 Å². The van der Waals surface area contributed by atoms with Crippen LogP contribution in [0.1, 0.15) is 24.2 Å². The van der Waals surface area contributed by atoms with E-state index in [0.29, 0.717) is 12.6 Å². The number of piperidine rings is 1. The maximum absolute atomic E-state index is 12.6. The Morgan fingerprint density at radius 3 is 2.44 bits per heavy atom. The van der Waals surface area contributed by atoms with Gasteiger partial charge in [-0.15, -0.1) is 0 Å². The molecule has 0 amide bonds. The number of aromatic nitrogens is 4. The van der Waals surface area contributed by atoms with E-state index in [-0.39, 0.29) is 5.92 Å². The third-order valence-electron chi connectivity index (χ3n) is 4.39. The van der Waals surface area contributed by atoms with Gasteiger partial charge in [0, 0.05) is 38.1 Å². The third-order valence-corrected chi connectivity index (χ3v) is 4.39.